The van der Waals surface area contributed by atoms with Gasteiger partial charge in [0, 0.05) is 17.3 Å². The Morgan fingerprint density at radius 1 is 1.10 bits per heavy atom. The first-order valence-electron chi connectivity index (χ1n) is 5.93. The van der Waals surface area contributed by atoms with Crippen LogP contribution in [0.4, 0.5) is 11.4 Å². The van der Waals surface area contributed by atoms with Gasteiger partial charge in [-0.1, -0.05) is 18.2 Å². The summed E-state index contributed by atoms with van der Waals surface area (Å²) in [7, 11) is 0. The van der Waals surface area contributed by atoms with E-state index in [1.165, 1.54) is 36.4 Å². The SMILES string of the molecule is NC(=O)c1cccc(NC(=O)c2ccccc2[N+](=O)[O-])c1. The molecule has 7 nitrogen and oxygen atoms in total. The van der Waals surface area contributed by atoms with Crippen molar-refractivity contribution in [1.29, 1.82) is 0 Å². The summed E-state index contributed by atoms with van der Waals surface area (Å²) in [6, 6.07) is 11.6. The van der Waals surface area contributed by atoms with Crippen molar-refractivity contribution >= 4 is 23.2 Å². The van der Waals surface area contributed by atoms with Crippen molar-refractivity contribution in [2.24, 2.45) is 5.73 Å². The zero-order valence-electron chi connectivity index (χ0n) is 10.8. The summed E-state index contributed by atoms with van der Waals surface area (Å²) < 4.78 is 0. The van der Waals surface area contributed by atoms with Gasteiger partial charge in [0.1, 0.15) is 5.56 Å². The molecule has 2 amide bonds. The molecule has 0 saturated heterocycles. The molecule has 0 aliphatic rings. The molecule has 3 N–H and O–H groups in total. The molecular formula is C14H11N3O4. The average Bonchev–Trinajstić information content (AvgIpc) is 2.47. The molecule has 0 unspecified atom stereocenters. The van der Waals surface area contributed by atoms with Crippen LogP contribution in [-0.2, 0) is 0 Å². The van der Waals surface area contributed by atoms with E-state index >= 15 is 0 Å². The second-order valence-corrected chi connectivity index (χ2v) is 4.17. The van der Waals surface area contributed by atoms with Crippen LogP contribution in [0.15, 0.2) is 48.5 Å². The van der Waals surface area contributed by atoms with E-state index in [4.69, 9.17) is 5.73 Å². The van der Waals surface area contributed by atoms with Crippen LogP contribution in [-0.4, -0.2) is 16.7 Å². The van der Waals surface area contributed by atoms with E-state index in [2.05, 4.69) is 5.32 Å². The number of hydrogen-bond donors (Lipinski definition) is 2. The second-order valence-electron chi connectivity index (χ2n) is 4.17. The summed E-state index contributed by atoms with van der Waals surface area (Å²) >= 11 is 0. The largest absolute Gasteiger partial charge is 0.366 e. The van der Waals surface area contributed by atoms with Crippen molar-refractivity contribution in [3.05, 3.63) is 69.8 Å². The molecule has 0 aromatic heterocycles. The maximum absolute atomic E-state index is 12.1. The maximum atomic E-state index is 12.1. The number of hydrogen-bond acceptors (Lipinski definition) is 4. The van der Waals surface area contributed by atoms with Crippen molar-refractivity contribution < 1.29 is 14.5 Å². The van der Waals surface area contributed by atoms with Crippen LogP contribution >= 0.6 is 0 Å². The number of nitrogens with two attached hydrogens (primary N) is 1. The van der Waals surface area contributed by atoms with Crippen LogP contribution in [0.3, 0.4) is 0 Å². The highest BCUT2D eigenvalue weighted by molar-refractivity contribution is 6.07. The molecule has 2 aromatic rings. The lowest BCUT2D eigenvalue weighted by molar-refractivity contribution is -0.385. The first-order chi connectivity index (χ1) is 9.99. The minimum Gasteiger partial charge on any atom is -0.366 e. The van der Waals surface area contributed by atoms with E-state index in [1.807, 2.05) is 0 Å². The van der Waals surface area contributed by atoms with Crippen LogP contribution in [0.1, 0.15) is 20.7 Å². The molecule has 0 saturated carbocycles. The molecule has 2 aromatic carbocycles. The van der Waals surface area contributed by atoms with Gasteiger partial charge in [-0.05, 0) is 24.3 Å². The Bertz CT molecular complexity index is 728. The molecule has 0 radical (unpaired) electrons. The lowest BCUT2D eigenvalue weighted by Gasteiger charge is -2.06. The monoisotopic (exact) mass is 285 g/mol. The quantitative estimate of drug-likeness (QED) is 0.659. The fraction of sp³-hybridized carbons (Fsp3) is 0. The molecule has 0 spiro atoms. The summed E-state index contributed by atoms with van der Waals surface area (Å²) in [4.78, 5) is 33.4. The molecule has 7 heteroatoms. The van der Waals surface area contributed by atoms with E-state index in [1.54, 1.807) is 12.1 Å². The van der Waals surface area contributed by atoms with Gasteiger partial charge in [0.25, 0.3) is 11.6 Å². The highest BCUT2D eigenvalue weighted by Gasteiger charge is 2.19. The molecule has 0 fully saturated rings. The summed E-state index contributed by atoms with van der Waals surface area (Å²) in [5.41, 5.74) is 5.35. The van der Waals surface area contributed by atoms with E-state index < -0.39 is 16.7 Å². The van der Waals surface area contributed by atoms with Crippen molar-refractivity contribution in [2.75, 3.05) is 5.32 Å². The molecule has 0 aliphatic heterocycles. The van der Waals surface area contributed by atoms with Gasteiger partial charge in [-0.15, -0.1) is 0 Å². The van der Waals surface area contributed by atoms with Crippen molar-refractivity contribution in [2.45, 2.75) is 0 Å². The van der Waals surface area contributed by atoms with Crippen LogP contribution < -0.4 is 11.1 Å². The summed E-state index contributed by atoms with van der Waals surface area (Å²) in [5, 5.41) is 13.4. The Labute approximate surface area is 119 Å². The smallest absolute Gasteiger partial charge is 0.282 e. The number of carbonyl (C=O) groups excluding carboxylic acids is 2. The van der Waals surface area contributed by atoms with Crippen molar-refractivity contribution in [3.63, 3.8) is 0 Å². The number of carbonyl (C=O) groups is 2. The van der Waals surface area contributed by atoms with Crippen molar-refractivity contribution in [1.82, 2.24) is 0 Å². The third-order valence-corrected chi connectivity index (χ3v) is 2.75. The van der Waals surface area contributed by atoms with Crippen LogP contribution in [0.2, 0.25) is 0 Å². The second kappa shape index (κ2) is 5.83. The lowest BCUT2D eigenvalue weighted by Crippen LogP contribution is -2.15. The van der Waals surface area contributed by atoms with E-state index in [9.17, 15) is 19.7 Å². The normalized spacial score (nSPS) is 9.90. The van der Waals surface area contributed by atoms with Gasteiger partial charge < -0.3 is 11.1 Å². The van der Waals surface area contributed by atoms with Crippen LogP contribution in [0.5, 0.6) is 0 Å². The maximum Gasteiger partial charge on any atom is 0.282 e. The van der Waals surface area contributed by atoms with Gasteiger partial charge in [0.05, 0.1) is 4.92 Å². The topological polar surface area (TPSA) is 115 Å². The molecule has 21 heavy (non-hydrogen) atoms. The highest BCUT2D eigenvalue weighted by atomic mass is 16.6. The van der Waals surface area contributed by atoms with Gasteiger partial charge in [-0.2, -0.15) is 0 Å². The molecule has 0 aliphatic carbocycles. The number of benzene rings is 2. The minimum absolute atomic E-state index is 0.0630. The van der Waals surface area contributed by atoms with Gasteiger partial charge in [0.15, 0.2) is 0 Å². The number of nitrogens with one attached hydrogen (secondary N) is 1. The molecule has 106 valence electrons. The van der Waals surface area contributed by atoms with Crippen LogP contribution in [0.25, 0.3) is 0 Å². The Morgan fingerprint density at radius 3 is 2.48 bits per heavy atom. The number of rotatable bonds is 4. The van der Waals surface area contributed by atoms with Crippen molar-refractivity contribution in [3.8, 4) is 0 Å². The van der Waals surface area contributed by atoms with Gasteiger partial charge in [0.2, 0.25) is 5.91 Å². The number of amides is 2. The third kappa shape index (κ3) is 3.21. The predicted molar refractivity (Wildman–Crippen MR) is 76.0 cm³/mol. The summed E-state index contributed by atoms with van der Waals surface area (Å²) in [6.07, 6.45) is 0. The molecule has 0 heterocycles. The Kier molecular flexibility index (Phi) is 3.94. The fourth-order valence-corrected chi connectivity index (χ4v) is 1.77. The lowest BCUT2D eigenvalue weighted by atomic mass is 10.1. The van der Waals surface area contributed by atoms with E-state index in [0.717, 1.165) is 0 Å². The number of para-hydroxylation sites is 1. The molecule has 0 bridgehead atoms. The Morgan fingerprint density at radius 2 is 1.81 bits per heavy atom. The summed E-state index contributed by atoms with van der Waals surface area (Å²) in [6.45, 7) is 0. The standard InChI is InChI=1S/C14H11N3O4/c15-13(18)9-4-3-5-10(8-9)16-14(19)11-6-1-2-7-12(11)17(20)21/h1-8H,(H2,15,18)(H,16,19). The number of nitro groups is 1. The average molecular weight is 285 g/mol. The van der Waals surface area contributed by atoms with Crippen LogP contribution in [0, 0.1) is 10.1 Å². The van der Waals surface area contributed by atoms with Gasteiger partial charge >= 0.3 is 0 Å². The first-order valence-corrected chi connectivity index (χ1v) is 5.93. The van der Waals surface area contributed by atoms with E-state index in [-0.39, 0.29) is 16.8 Å². The Balaban J connectivity index is 2.28. The third-order valence-electron chi connectivity index (χ3n) is 2.75. The fourth-order valence-electron chi connectivity index (χ4n) is 1.77. The predicted octanol–water partition coefficient (Wildman–Crippen LogP) is 1.95. The van der Waals surface area contributed by atoms with Gasteiger partial charge in [-0.25, -0.2) is 0 Å². The van der Waals surface area contributed by atoms with Gasteiger partial charge in [-0.3, -0.25) is 19.7 Å². The summed E-state index contributed by atoms with van der Waals surface area (Å²) in [5.74, 6) is -1.26. The minimum atomic E-state index is -0.635. The number of nitro benzene ring substituents is 1. The number of anilines is 1. The van der Waals surface area contributed by atoms with E-state index in [0.29, 0.717) is 5.69 Å². The first kappa shape index (κ1) is 14.2. The molecule has 0 atom stereocenters. The zero-order chi connectivity index (χ0) is 15.4. The Hall–Kier alpha value is -3.22. The molecular weight excluding hydrogens is 274 g/mol. The number of primary amides is 1. The molecule has 2 rings (SSSR count). The highest BCUT2D eigenvalue weighted by Crippen LogP contribution is 2.19. The zero-order valence-corrected chi connectivity index (χ0v) is 10.8. The number of nitrogens with zero attached hydrogens (tertiary/aromatic N) is 1.